The fourth-order valence-electron chi connectivity index (χ4n) is 2.36. The Morgan fingerprint density at radius 3 is 1.96 bits per heavy atom. The van der Waals surface area contributed by atoms with Crippen LogP contribution in [-0.4, -0.2) is 14.3 Å². The first kappa shape index (κ1) is 18.9. The molecule has 0 fully saturated rings. The molecule has 0 aliphatic rings. The van der Waals surface area contributed by atoms with E-state index in [0.29, 0.717) is 22.0 Å². The number of sulfonamides is 1. The summed E-state index contributed by atoms with van der Waals surface area (Å²) in [5.41, 5.74) is 2.57. The van der Waals surface area contributed by atoms with E-state index in [1.54, 1.807) is 36.4 Å². The molecule has 2 N–H and O–H groups in total. The van der Waals surface area contributed by atoms with Crippen LogP contribution in [0.2, 0.25) is 5.02 Å². The summed E-state index contributed by atoms with van der Waals surface area (Å²) in [6, 6.07) is 19.5. The second-order valence-electron chi connectivity index (χ2n) is 5.96. The Morgan fingerprint density at radius 1 is 0.815 bits per heavy atom. The molecule has 5 nitrogen and oxygen atoms in total. The third kappa shape index (κ3) is 4.87. The average Bonchev–Trinajstić information content (AvgIpc) is 2.64. The molecule has 0 aliphatic heterocycles. The van der Waals surface area contributed by atoms with Gasteiger partial charge < -0.3 is 5.32 Å². The number of carbonyl (C=O) groups excluding carboxylic acids is 1. The number of halogens is 1. The van der Waals surface area contributed by atoms with Crippen molar-refractivity contribution >= 4 is 38.9 Å². The summed E-state index contributed by atoms with van der Waals surface area (Å²) in [6.07, 6.45) is 0. The fraction of sp³-hybridized carbons (Fsp3) is 0.0500. The van der Waals surface area contributed by atoms with Crippen molar-refractivity contribution in [1.29, 1.82) is 0 Å². The number of aryl methyl sites for hydroxylation is 1. The van der Waals surface area contributed by atoms with E-state index in [1.807, 2.05) is 19.1 Å². The van der Waals surface area contributed by atoms with Gasteiger partial charge in [0.2, 0.25) is 0 Å². The molecule has 0 bridgehead atoms. The lowest BCUT2D eigenvalue weighted by Gasteiger charge is -2.10. The Hall–Kier alpha value is -2.83. The Bertz CT molecular complexity index is 1050. The summed E-state index contributed by atoms with van der Waals surface area (Å²) in [5.74, 6) is -0.232. The van der Waals surface area contributed by atoms with Crippen LogP contribution in [0.4, 0.5) is 11.4 Å². The maximum atomic E-state index is 12.4. The first-order chi connectivity index (χ1) is 12.8. The molecule has 0 saturated carbocycles. The largest absolute Gasteiger partial charge is 0.322 e. The normalized spacial score (nSPS) is 11.0. The van der Waals surface area contributed by atoms with Crippen molar-refractivity contribution in [2.75, 3.05) is 10.0 Å². The van der Waals surface area contributed by atoms with Gasteiger partial charge in [0, 0.05) is 22.0 Å². The van der Waals surface area contributed by atoms with Crippen LogP contribution in [0.1, 0.15) is 15.9 Å². The van der Waals surface area contributed by atoms with Gasteiger partial charge >= 0.3 is 0 Å². The van der Waals surface area contributed by atoms with Crippen molar-refractivity contribution in [3.63, 3.8) is 0 Å². The first-order valence-electron chi connectivity index (χ1n) is 8.10. The number of benzene rings is 3. The number of anilines is 2. The number of rotatable bonds is 5. The van der Waals surface area contributed by atoms with Crippen LogP contribution in [-0.2, 0) is 10.0 Å². The van der Waals surface area contributed by atoms with Crippen LogP contribution in [0.25, 0.3) is 0 Å². The number of hydrogen-bond donors (Lipinski definition) is 2. The zero-order valence-electron chi connectivity index (χ0n) is 14.4. The molecule has 0 saturated heterocycles. The molecule has 3 aromatic rings. The Balaban J connectivity index is 1.69. The van der Waals surface area contributed by atoms with Crippen molar-refractivity contribution in [3.05, 3.63) is 88.9 Å². The van der Waals surface area contributed by atoms with Crippen LogP contribution >= 0.6 is 11.6 Å². The van der Waals surface area contributed by atoms with Crippen molar-refractivity contribution in [3.8, 4) is 0 Å². The van der Waals surface area contributed by atoms with Crippen molar-refractivity contribution in [1.82, 2.24) is 0 Å². The molecule has 7 heteroatoms. The lowest BCUT2D eigenvalue weighted by molar-refractivity contribution is 0.102. The molecule has 0 aliphatic carbocycles. The van der Waals surface area contributed by atoms with E-state index >= 15 is 0 Å². The predicted molar refractivity (Wildman–Crippen MR) is 108 cm³/mol. The third-order valence-corrected chi connectivity index (χ3v) is 5.48. The number of carbonyl (C=O) groups is 1. The highest BCUT2D eigenvalue weighted by molar-refractivity contribution is 7.92. The van der Waals surface area contributed by atoms with E-state index in [4.69, 9.17) is 11.6 Å². The molecule has 0 heterocycles. The van der Waals surface area contributed by atoms with Crippen LogP contribution in [0.5, 0.6) is 0 Å². The Morgan fingerprint density at radius 2 is 1.37 bits per heavy atom. The van der Waals surface area contributed by atoms with Gasteiger partial charge in [-0.3, -0.25) is 9.52 Å². The predicted octanol–water partition coefficient (Wildman–Crippen LogP) is 4.70. The van der Waals surface area contributed by atoms with Crippen molar-refractivity contribution in [2.24, 2.45) is 0 Å². The summed E-state index contributed by atoms with van der Waals surface area (Å²) in [7, 11) is -3.71. The summed E-state index contributed by atoms with van der Waals surface area (Å²) < 4.78 is 27.2. The van der Waals surface area contributed by atoms with E-state index in [2.05, 4.69) is 10.0 Å². The van der Waals surface area contributed by atoms with Crippen molar-refractivity contribution < 1.29 is 13.2 Å². The van der Waals surface area contributed by atoms with Gasteiger partial charge in [-0.1, -0.05) is 29.3 Å². The SMILES string of the molecule is Cc1ccc(C(=O)Nc2ccc(NS(=O)(=O)c3ccc(Cl)cc3)cc2)cc1. The highest BCUT2D eigenvalue weighted by atomic mass is 35.5. The van der Waals surface area contributed by atoms with Gasteiger partial charge in [0.1, 0.15) is 0 Å². The Labute approximate surface area is 163 Å². The zero-order valence-corrected chi connectivity index (χ0v) is 16.0. The molecule has 3 rings (SSSR count). The summed E-state index contributed by atoms with van der Waals surface area (Å²) >= 11 is 5.78. The summed E-state index contributed by atoms with van der Waals surface area (Å²) in [5, 5.41) is 3.24. The van der Waals surface area contributed by atoms with Gasteiger partial charge in [-0.05, 0) is 67.6 Å². The van der Waals surface area contributed by atoms with Gasteiger partial charge in [-0.2, -0.15) is 0 Å². The van der Waals surface area contributed by atoms with Gasteiger partial charge in [-0.15, -0.1) is 0 Å². The molecule has 0 aromatic heterocycles. The molecule has 3 aromatic carbocycles. The van der Waals surface area contributed by atoms with E-state index < -0.39 is 10.0 Å². The maximum Gasteiger partial charge on any atom is 0.261 e. The topological polar surface area (TPSA) is 75.3 Å². The van der Waals surface area contributed by atoms with Gasteiger partial charge in [0.25, 0.3) is 15.9 Å². The van der Waals surface area contributed by atoms with Crippen molar-refractivity contribution in [2.45, 2.75) is 11.8 Å². The lowest BCUT2D eigenvalue weighted by Crippen LogP contribution is -2.13. The van der Waals surface area contributed by atoms with Crippen LogP contribution in [0.3, 0.4) is 0 Å². The standard InChI is InChI=1S/C20H17ClN2O3S/c1-14-2-4-15(5-3-14)20(24)22-17-8-10-18(11-9-17)23-27(25,26)19-12-6-16(21)7-13-19/h2-13,23H,1H3,(H,22,24). The molecule has 0 spiro atoms. The summed E-state index contributed by atoms with van der Waals surface area (Å²) in [6.45, 7) is 1.95. The van der Waals surface area contributed by atoms with E-state index in [1.165, 1.54) is 24.3 Å². The molecule has 0 unspecified atom stereocenters. The average molecular weight is 401 g/mol. The number of nitrogens with one attached hydrogen (secondary N) is 2. The first-order valence-corrected chi connectivity index (χ1v) is 9.96. The minimum atomic E-state index is -3.71. The molecular weight excluding hydrogens is 384 g/mol. The molecule has 138 valence electrons. The fourth-order valence-corrected chi connectivity index (χ4v) is 3.54. The highest BCUT2D eigenvalue weighted by Crippen LogP contribution is 2.20. The molecule has 0 radical (unpaired) electrons. The van der Waals surface area contributed by atoms with E-state index in [9.17, 15) is 13.2 Å². The highest BCUT2D eigenvalue weighted by Gasteiger charge is 2.14. The molecule has 27 heavy (non-hydrogen) atoms. The smallest absolute Gasteiger partial charge is 0.261 e. The molecule has 0 atom stereocenters. The second kappa shape index (κ2) is 7.82. The minimum absolute atomic E-state index is 0.114. The maximum absolute atomic E-state index is 12.4. The van der Waals surface area contributed by atoms with Crippen LogP contribution < -0.4 is 10.0 Å². The van der Waals surface area contributed by atoms with Gasteiger partial charge in [-0.25, -0.2) is 8.42 Å². The number of amides is 1. The zero-order chi connectivity index (χ0) is 19.4. The van der Waals surface area contributed by atoms with E-state index in [0.717, 1.165) is 5.56 Å². The van der Waals surface area contributed by atoms with Gasteiger partial charge in [0.05, 0.1) is 4.90 Å². The minimum Gasteiger partial charge on any atom is -0.322 e. The monoisotopic (exact) mass is 400 g/mol. The third-order valence-electron chi connectivity index (χ3n) is 3.83. The Kier molecular flexibility index (Phi) is 5.48. The van der Waals surface area contributed by atoms with Crippen LogP contribution in [0.15, 0.2) is 77.7 Å². The van der Waals surface area contributed by atoms with Crippen LogP contribution in [0, 0.1) is 6.92 Å². The van der Waals surface area contributed by atoms with E-state index in [-0.39, 0.29) is 10.8 Å². The number of hydrogen-bond acceptors (Lipinski definition) is 3. The lowest BCUT2D eigenvalue weighted by atomic mass is 10.1. The quantitative estimate of drug-likeness (QED) is 0.651. The summed E-state index contributed by atoms with van der Waals surface area (Å²) in [4.78, 5) is 12.3. The molecular formula is C20H17ClN2O3S. The second-order valence-corrected chi connectivity index (χ2v) is 8.08. The van der Waals surface area contributed by atoms with Gasteiger partial charge in [0.15, 0.2) is 0 Å². The molecule has 1 amide bonds.